The minimum atomic E-state index is 0. The topological polar surface area (TPSA) is 80.9 Å². The Bertz CT molecular complexity index is 482. The van der Waals surface area contributed by atoms with E-state index in [1.54, 1.807) is 7.05 Å². The molecule has 1 unspecified atom stereocenters. The fourth-order valence-corrected chi connectivity index (χ4v) is 2.56. The second kappa shape index (κ2) is 11.6. The molecule has 0 aromatic carbocycles. The molecule has 24 heavy (non-hydrogen) atoms. The SMILES string of the molecule is CN=C(NCCCOC1CCOC1)NCCc1c(C)noc1C.I. The molecule has 1 fully saturated rings. The molecule has 1 saturated heterocycles. The molecule has 7 nitrogen and oxygen atoms in total. The second-order valence-corrected chi connectivity index (χ2v) is 5.69. The van der Waals surface area contributed by atoms with Crippen LogP contribution in [0.3, 0.4) is 0 Å². The van der Waals surface area contributed by atoms with Gasteiger partial charge in [-0.1, -0.05) is 5.16 Å². The molecule has 138 valence electrons. The number of ether oxygens (including phenoxy) is 2. The first-order valence-corrected chi connectivity index (χ1v) is 8.26. The fourth-order valence-electron chi connectivity index (χ4n) is 2.56. The molecule has 0 aliphatic carbocycles. The van der Waals surface area contributed by atoms with Gasteiger partial charge in [-0.2, -0.15) is 0 Å². The lowest BCUT2D eigenvalue weighted by Gasteiger charge is -2.13. The third kappa shape index (κ3) is 6.94. The molecule has 8 heteroatoms. The highest BCUT2D eigenvalue weighted by atomic mass is 127. The lowest BCUT2D eigenvalue weighted by atomic mass is 10.1. The van der Waals surface area contributed by atoms with Gasteiger partial charge >= 0.3 is 0 Å². The van der Waals surface area contributed by atoms with Crippen molar-refractivity contribution in [1.82, 2.24) is 15.8 Å². The number of aliphatic imine (C=N–C) groups is 1. The average Bonchev–Trinajstić information content (AvgIpc) is 3.17. The molecule has 2 N–H and O–H groups in total. The lowest BCUT2D eigenvalue weighted by Crippen LogP contribution is -2.39. The zero-order chi connectivity index (χ0) is 16.5. The number of halogens is 1. The summed E-state index contributed by atoms with van der Waals surface area (Å²) >= 11 is 0. The monoisotopic (exact) mass is 452 g/mol. The molecular weight excluding hydrogens is 423 g/mol. The van der Waals surface area contributed by atoms with Gasteiger partial charge < -0.3 is 24.6 Å². The summed E-state index contributed by atoms with van der Waals surface area (Å²) in [6, 6.07) is 0. The molecule has 0 saturated carbocycles. The quantitative estimate of drug-likeness (QED) is 0.271. The van der Waals surface area contributed by atoms with Gasteiger partial charge in [0.15, 0.2) is 5.96 Å². The molecule has 1 aromatic rings. The Balaban J connectivity index is 0.00000288. The third-order valence-electron chi connectivity index (χ3n) is 3.93. The normalized spacial score (nSPS) is 17.6. The maximum absolute atomic E-state index is 5.73. The van der Waals surface area contributed by atoms with Gasteiger partial charge in [0.1, 0.15) is 5.76 Å². The molecule has 1 atom stereocenters. The van der Waals surface area contributed by atoms with Gasteiger partial charge in [-0.15, -0.1) is 24.0 Å². The zero-order valence-electron chi connectivity index (χ0n) is 14.8. The summed E-state index contributed by atoms with van der Waals surface area (Å²) in [6.07, 6.45) is 3.11. The number of rotatable bonds is 8. The van der Waals surface area contributed by atoms with Crippen LogP contribution in [0.25, 0.3) is 0 Å². The van der Waals surface area contributed by atoms with E-state index in [9.17, 15) is 0 Å². The third-order valence-corrected chi connectivity index (χ3v) is 3.93. The summed E-state index contributed by atoms with van der Waals surface area (Å²) in [5, 5.41) is 10.6. The average molecular weight is 452 g/mol. The lowest BCUT2D eigenvalue weighted by molar-refractivity contribution is 0.0420. The number of guanidine groups is 1. The van der Waals surface area contributed by atoms with Crippen molar-refractivity contribution in [3.05, 3.63) is 17.0 Å². The second-order valence-electron chi connectivity index (χ2n) is 5.69. The number of aromatic nitrogens is 1. The van der Waals surface area contributed by atoms with Crippen molar-refractivity contribution in [2.45, 2.75) is 39.2 Å². The van der Waals surface area contributed by atoms with Gasteiger partial charge in [0, 0.05) is 38.9 Å². The van der Waals surface area contributed by atoms with Crippen LogP contribution in [0.4, 0.5) is 0 Å². The highest BCUT2D eigenvalue weighted by molar-refractivity contribution is 14.0. The first-order valence-electron chi connectivity index (χ1n) is 8.26. The fraction of sp³-hybridized carbons (Fsp3) is 0.750. The molecule has 0 bridgehead atoms. The minimum Gasteiger partial charge on any atom is -0.379 e. The van der Waals surface area contributed by atoms with Crippen LogP contribution >= 0.6 is 24.0 Å². The summed E-state index contributed by atoms with van der Waals surface area (Å²) < 4.78 is 16.2. The molecular formula is C16H29IN4O3. The van der Waals surface area contributed by atoms with Crippen molar-refractivity contribution in [1.29, 1.82) is 0 Å². The van der Waals surface area contributed by atoms with Crippen LogP contribution in [0.2, 0.25) is 0 Å². The van der Waals surface area contributed by atoms with Crippen molar-refractivity contribution in [3.8, 4) is 0 Å². The molecule has 1 aliphatic heterocycles. The Morgan fingerprint density at radius 1 is 1.33 bits per heavy atom. The van der Waals surface area contributed by atoms with E-state index in [-0.39, 0.29) is 30.1 Å². The van der Waals surface area contributed by atoms with Crippen LogP contribution in [0.15, 0.2) is 9.52 Å². The Morgan fingerprint density at radius 3 is 2.75 bits per heavy atom. The summed E-state index contributed by atoms with van der Waals surface area (Å²) in [5.41, 5.74) is 2.13. The highest BCUT2D eigenvalue weighted by Crippen LogP contribution is 2.12. The molecule has 1 aliphatic rings. The van der Waals surface area contributed by atoms with Crippen molar-refractivity contribution < 1.29 is 14.0 Å². The zero-order valence-corrected chi connectivity index (χ0v) is 17.1. The maximum Gasteiger partial charge on any atom is 0.190 e. The Hall–Kier alpha value is -0.870. The summed E-state index contributed by atoms with van der Waals surface area (Å²) in [5.74, 6) is 1.70. The van der Waals surface area contributed by atoms with Crippen LogP contribution in [0.1, 0.15) is 29.9 Å². The van der Waals surface area contributed by atoms with Gasteiger partial charge in [-0.25, -0.2) is 0 Å². The predicted molar refractivity (Wildman–Crippen MR) is 104 cm³/mol. The van der Waals surface area contributed by atoms with E-state index in [2.05, 4.69) is 20.8 Å². The smallest absolute Gasteiger partial charge is 0.190 e. The van der Waals surface area contributed by atoms with E-state index in [1.807, 2.05) is 13.8 Å². The van der Waals surface area contributed by atoms with E-state index in [4.69, 9.17) is 14.0 Å². The molecule has 0 radical (unpaired) electrons. The van der Waals surface area contributed by atoms with Crippen molar-refractivity contribution in [3.63, 3.8) is 0 Å². The van der Waals surface area contributed by atoms with Gasteiger partial charge in [-0.3, -0.25) is 4.99 Å². The Labute approximate surface area is 161 Å². The number of hydrogen-bond donors (Lipinski definition) is 2. The standard InChI is InChI=1S/C16H28N4O3.HI/c1-12-15(13(2)23-20-12)5-8-19-16(17-3)18-7-4-9-22-14-6-10-21-11-14;/h14H,4-11H2,1-3H3,(H2,17,18,19);1H. The van der Waals surface area contributed by atoms with Crippen molar-refractivity contribution in [2.75, 3.05) is 40.0 Å². The number of aryl methyl sites for hydroxylation is 2. The maximum atomic E-state index is 5.73. The number of hydrogen-bond acceptors (Lipinski definition) is 5. The molecule has 0 spiro atoms. The summed E-state index contributed by atoms with van der Waals surface area (Å²) in [4.78, 5) is 4.22. The predicted octanol–water partition coefficient (Wildman–Crippen LogP) is 1.81. The Morgan fingerprint density at radius 2 is 2.12 bits per heavy atom. The van der Waals surface area contributed by atoms with Crippen molar-refractivity contribution in [2.24, 2.45) is 4.99 Å². The number of nitrogens with zero attached hydrogens (tertiary/aromatic N) is 2. The van der Waals surface area contributed by atoms with E-state index in [1.165, 1.54) is 5.56 Å². The molecule has 1 aromatic heterocycles. The first-order chi connectivity index (χ1) is 11.2. The largest absolute Gasteiger partial charge is 0.379 e. The molecule has 2 rings (SSSR count). The van der Waals surface area contributed by atoms with Crippen LogP contribution in [-0.4, -0.2) is 57.2 Å². The van der Waals surface area contributed by atoms with Gasteiger partial charge in [0.05, 0.1) is 18.4 Å². The van der Waals surface area contributed by atoms with Crippen molar-refractivity contribution >= 4 is 29.9 Å². The summed E-state index contributed by atoms with van der Waals surface area (Å²) in [7, 11) is 1.78. The van der Waals surface area contributed by atoms with E-state index < -0.39 is 0 Å². The minimum absolute atomic E-state index is 0. The van der Waals surface area contributed by atoms with E-state index >= 15 is 0 Å². The first kappa shape index (κ1) is 21.2. The van der Waals surface area contributed by atoms with Gasteiger partial charge in [0.2, 0.25) is 0 Å². The van der Waals surface area contributed by atoms with E-state index in [0.717, 1.165) is 69.6 Å². The highest BCUT2D eigenvalue weighted by Gasteiger charge is 2.15. The van der Waals surface area contributed by atoms with Crippen LogP contribution < -0.4 is 10.6 Å². The van der Waals surface area contributed by atoms with Gasteiger partial charge in [0.25, 0.3) is 0 Å². The molecule has 0 amide bonds. The Kier molecular flexibility index (Phi) is 10.3. The van der Waals surface area contributed by atoms with Gasteiger partial charge in [-0.05, 0) is 33.1 Å². The van der Waals surface area contributed by atoms with Crippen LogP contribution in [-0.2, 0) is 15.9 Å². The van der Waals surface area contributed by atoms with Crippen LogP contribution in [0.5, 0.6) is 0 Å². The molecule has 2 heterocycles. The van der Waals surface area contributed by atoms with E-state index in [0.29, 0.717) is 0 Å². The number of nitrogens with one attached hydrogen (secondary N) is 2. The summed E-state index contributed by atoms with van der Waals surface area (Å²) in [6.45, 7) is 7.84. The van der Waals surface area contributed by atoms with Crippen LogP contribution in [0, 0.1) is 13.8 Å².